The maximum Gasteiger partial charge on any atom is 0.234 e. The number of carbonyl (C=O) groups excluding carboxylic acids is 1. The van der Waals surface area contributed by atoms with Gasteiger partial charge in [0.2, 0.25) is 17.7 Å². The number of aromatic amines is 1. The van der Waals surface area contributed by atoms with Crippen LogP contribution in [0.2, 0.25) is 0 Å². The van der Waals surface area contributed by atoms with Crippen molar-refractivity contribution in [2.45, 2.75) is 64.1 Å². The molecule has 1 amide bonds. The molecule has 0 aliphatic carbocycles. The van der Waals surface area contributed by atoms with Crippen molar-refractivity contribution in [2.24, 2.45) is 0 Å². The summed E-state index contributed by atoms with van der Waals surface area (Å²) in [6, 6.07) is 4.37. The number of nitrogens with zero attached hydrogens (tertiary/aromatic N) is 5. The third kappa shape index (κ3) is 4.90. The van der Waals surface area contributed by atoms with Crippen LogP contribution < -0.4 is 15.5 Å². The highest BCUT2D eigenvalue weighted by Gasteiger charge is 2.40. The Bertz CT molecular complexity index is 903. The number of hydrogen-bond acceptors (Lipinski definition) is 8. The van der Waals surface area contributed by atoms with Crippen molar-refractivity contribution >= 4 is 23.5 Å². The number of amides is 1. The van der Waals surface area contributed by atoms with Crippen LogP contribution in [0.15, 0.2) is 12.1 Å². The second-order valence-corrected chi connectivity index (χ2v) is 8.57. The summed E-state index contributed by atoms with van der Waals surface area (Å²) in [6.45, 7) is 5.01. The van der Waals surface area contributed by atoms with Crippen molar-refractivity contribution in [1.82, 2.24) is 30.4 Å². The number of likely N-dealkylation sites (N-methyl/N-ethyl adjacent to an activating group) is 1. The Kier molecular flexibility index (Phi) is 6.26. The van der Waals surface area contributed by atoms with Gasteiger partial charge in [0.05, 0.1) is 6.54 Å². The molecule has 2 bridgehead atoms. The second kappa shape index (κ2) is 9.09. The highest BCUT2D eigenvalue weighted by Crippen LogP contribution is 2.36. The third-order valence-corrected chi connectivity index (χ3v) is 6.33. The largest absolute Gasteiger partial charge is 0.493 e. The van der Waals surface area contributed by atoms with E-state index in [1.165, 1.54) is 12.5 Å². The van der Waals surface area contributed by atoms with Gasteiger partial charge in [0.1, 0.15) is 5.82 Å². The number of rotatable bonds is 7. The van der Waals surface area contributed by atoms with Crippen molar-refractivity contribution in [2.75, 3.05) is 30.4 Å². The van der Waals surface area contributed by atoms with E-state index >= 15 is 0 Å². The number of piperidine rings is 2. The molecule has 2 fully saturated rings. The SMILES string of the molecule is CCNC(=O)CN1[C@@H]2CCC[C@H]1C[C@H](N(C)c1nc(O)cc(Nc3cc(C)[nH]n3)n1)C2. The zero-order valence-electron chi connectivity index (χ0n) is 18.4. The molecule has 168 valence electrons. The highest BCUT2D eigenvalue weighted by molar-refractivity contribution is 5.78. The fourth-order valence-corrected chi connectivity index (χ4v) is 4.86. The lowest BCUT2D eigenvalue weighted by Crippen LogP contribution is -2.58. The van der Waals surface area contributed by atoms with E-state index in [9.17, 15) is 9.90 Å². The molecule has 4 N–H and O–H groups in total. The molecule has 2 aliphatic rings. The molecule has 0 radical (unpaired) electrons. The van der Waals surface area contributed by atoms with Crippen LogP contribution in [0.25, 0.3) is 0 Å². The zero-order valence-corrected chi connectivity index (χ0v) is 18.4. The molecule has 2 aliphatic heterocycles. The predicted molar refractivity (Wildman–Crippen MR) is 119 cm³/mol. The summed E-state index contributed by atoms with van der Waals surface area (Å²) in [4.78, 5) is 25.5. The first kappa shape index (κ1) is 21.4. The molecule has 0 saturated carbocycles. The number of anilines is 3. The molecular weight excluding hydrogens is 396 g/mol. The molecule has 2 aromatic rings. The second-order valence-electron chi connectivity index (χ2n) is 8.57. The molecule has 4 rings (SSSR count). The fraction of sp³-hybridized carbons (Fsp3) is 0.619. The number of fused-ring (bicyclic) bond motifs is 2. The molecule has 0 aromatic carbocycles. The van der Waals surface area contributed by atoms with Crippen molar-refractivity contribution in [3.05, 3.63) is 17.8 Å². The van der Waals surface area contributed by atoms with Gasteiger partial charge in [0.25, 0.3) is 0 Å². The normalized spacial score (nSPS) is 23.4. The summed E-state index contributed by atoms with van der Waals surface area (Å²) >= 11 is 0. The van der Waals surface area contributed by atoms with Crippen molar-refractivity contribution in [1.29, 1.82) is 0 Å². The Morgan fingerprint density at radius 1 is 1.26 bits per heavy atom. The molecule has 4 heterocycles. The van der Waals surface area contributed by atoms with Crippen molar-refractivity contribution in [3.8, 4) is 5.88 Å². The van der Waals surface area contributed by atoms with Crippen molar-refractivity contribution in [3.63, 3.8) is 0 Å². The summed E-state index contributed by atoms with van der Waals surface area (Å²) in [7, 11) is 1.98. The maximum atomic E-state index is 12.2. The average Bonchev–Trinajstić information content (AvgIpc) is 3.11. The lowest BCUT2D eigenvalue weighted by atomic mass is 9.81. The molecule has 31 heavy (non-hydrogen) atoms. The summed E-state index contributed by atoms with van der Waals surface area (Å²) in [5.41, 5.74) is 0.934. The number of aromatic nitrogens is 4. The van der Waals surface area contributed by atoms with E-state index in [1.54, 1.807) is 0 Å². The summed E-state index contributed by atoms with van der Waals surface area (Å²) in [5.74, 6) is 1.63. The molecule has 0 unspecified atom stereocenters. The van der Waals surface area contributed by atoms with E-state index in [-0.39, 0.29) is 17.8 Å². The predicted octanol–water partition coefficient (Wildman–Crippen LogP) is 1.92. The Balaban J connectivity index is 1.47. The van der Waals surface area contributed by atoms with Gasteiger partial charge in [-0.3, -0.25) is 14.8 Å². The summed E-state index contributed by atoms with van der Waals surface area (Å²) in [5, 5.41) is 23.3. The number of hydrogen-bond donors (Lipinski definition) is 4. The van der Waals surface area contributed by atoms with Gasteiger partial charge >= 0.3 is 0 Å². The first-order valence-electron chi connectivity index (χ1n) is 11.0. The number of H-pyrrole nitrogens is 1. The monoisotopic (exact) mass is 428 g/mol. The van der Waals surface area contributed by atoms with Crippen LogP contribution >= 0.6 is 0 Å². The summed E-state index contributed by atoms with van der Waals surface area (Å²) < 4.78 is 0. The van der Waals surface area contributed by atoms with Crippen LogP contribution in [-0.2, 0) is 4.79 Å². The Hall–Kier alpha value is -2.88. The molecule has 10 heteroatoms. The van der Waals surface area contributed by atoms with E-state index in [1.807, 2.05) is 27.0 Å². The zero-order chi connectivity index (χ0) is 22.0. The smallest absolute Gasteiger partial charge is 0.234 e. The average molecular weight is 429 g/mol. The van der Waals surface area contributed by atoms with E-state index in [4.69, 9.17) is 0 Å². The van der Waals surface area contributed by atoms with Gasteiger partial charge in [-0.1, -0.05) is 6.42 Å². The quantitative estimate of drug-likeness (QED) is 0.528. The van der Waals surface area contributed by atoms with Gasteiger partial charge in [0, 0.05) is 49.5 Å². The molecule has 0 spiro atoms. The Morgan fingerprint density at radius 3 is 2.65 bits per heavy atom. The van der Waals surface area contributed by atoms with E-state index < -0.39 is 0 Å². The van der Waals surface area contributed by atoms with Gasteiger partial charge in [0.15, 0.2) is 5.82 Å². The first-order valence-corrected chi connectivity index (χ1v) is 11.0. The van der Waals surface area contributed by atoms with Crippen LogP contribution in [0, 0.1) is 6.92 Å². The van der Waals surface area contributed by atoms with Gasteiger partial charge in [-0.15, -0.1) is 0 Å². The van der Waals surface area contributed by atoms with E-state index in [2.05, 4.69) is 40.6 Å². The lowest BCUT2D eigenvalue weighted by Gasteiger charge is -2.50. The maximum absolute atomic E-state index is 12.2. The van der Waals surface area contributed by atoms with Crippen LogP contribution in [0.3, 0.4) is 0 Å². The van der Waals surface area contributed by atoms with E-state index in [0.717, 1.165) is 31.4 Å². The number of carbonyl (C=O) groups is 1. The molecular formula is C21H32N8O2. The van der Waals surface area contributed by atoms with E-state index in [0.29, 0.717) is 42.8 Å². The standard InChI is InChI=1S/C21H32N8O2/c1-4-22-20(31)12-29-14-6-5-7-15(29)10-16(9-14)28(3)21-24-17(11-19(30)25-21)23-18-8-13(2)26-27-18/h8,11,14-16H,4-7,9-10,12H2,1-3H3,(H,22,31)(H3,23,24,25,26,27,30)/t14-,15+,16-. The van der Waals surface area contributed by atoms with Crippen LogP contribution in [0.1, 0.15) is 44.7 Å². The van der Waals surface area contributed by atoms with Crippen molar-refractivity contribution < 1.29 is 9.90 Å². The number of aryl methyl sites for hydroxylation is 1. The van der Waals surface area contributed by atoms with Gasteiger partial charge in [-0.2, -0.15) is 15.1 Å². The summed E-state index contributed by atoms with van der Waals surface area (Å²) in [6.07, 6.45) is 5.32. The Labute approximate surface area is 182 Å². The van der Waals surface area contributed by atoms with Crippen LogP contribution in [-0.4, -0.2) is 74.3 Å². The third-order valence-electron chi connectivity index (χ3n) is 6.33. The molecule has 10 nitrogen and oxygen atoms in total. The lowest BCUT2D eigenvalue weighted by molar-refractivity contribution is -0.125. The topological polar surface area (TPSA) is 122 Å². The van der Waals surface area contributed by atoms with Gasteiger partial charge in [-0.05, 0) is 39.5 Å². The van der Waals surface area contributed by atoms with Crippen LogP contribution in [0.5, 0.6) is 5.88 Å². The molecule has 3 atom stereocenters. The minimum absolute atomic E-state index is 0.0829. The molecule has 2 saturated heterocycles. The van der Waals surface area contributed by atoms with Crippen LogP contribution in [0.4, 0.5) is 17.6 Å². The minimum atomic E-state index is -0.0829. The Morgan fingerprint density at radius 2 is 2.00 bits per heavy atom. The first-order chi connectivity index (χ1) is 14.9. The van der Waals surface area contributed by atoms with Gasteiger partial charge < -0.3 is 20.6 Å². The number of nitrogens with one attached hydrogen (secondary N) is 3. The fourth-order valence-electron chi connectivity index (χ4n) is 4.86. The number of aromatic hydroxyl groups is 1. The minimum Gasteiger partial charge on any atom is -0.493 e. The molecule has 2 aromatic heterocycles. The highest BCUT2D eigenvalue weighted by atomic mass is 16.3. The van der Waals surface area contributed by atoms with Gasteiger partial charge in [-0.25, -0.2) is 0 Å².